The SMILES string of the molecule is CN1CCN(S(C)(=O)=O)C(C(F)(F)F)C1. The van der Waals surface area contributed by atoms with E-state index >= 15 is 0 Å². The van der Waals surface area contributed by atoms with E-state index < -0.39 is 22.2 Å². The average molecular weight is 246 g/mol. The Morgan fingerprint density at radius 1 is 1.27 bits per heavy atom. The molecule has 1 fully saturated rings. The fourth-order valence-corrected chi connectivity index (χ4v) is 2.63. The van der Waals surface area contributed by atoms with Gasteiger partial charge in [-0.1, -0.05) is 0 Å². The minimum atomic E-state index is -4.52. The molecule has 0 aliphatic carbocycles. The van der Waals surface area contributed by atoms with E-state index in [2.05, 4.69) is 0 Å². The highest BCUT2D eigenvalue weighted by molar-refractivity contribution is 7.88. The van der Waals surface area contributed by atoms with E-state index in [4.69, 9.17) is 0 Å². The van der Waals surface area contributed by atoms with Crippen LogP contribution in [-0.2, 0) is 10.0 Å². The molecule has 0 saturated carbocycles. The van der Waals surface area contributed by atoms with Crippen molar-refractivity contribution in [2.45, 2.75) is 12.2 Å². The number of sulfonamides is 1. The Balaban J connectivity index is 2.95. The molecule has 1 aliphatic heterocycles. The van der Waals surface area contributed by atoms with Crippen LogP contribution < -0.4 is 0 Å². The van der Waals surface area contributed by atoms with Crippen molar-refractivity contribution >= 4 is 10.0 Å². The first-order valence-corrected chi connectivity index (χ1v) is 6.19. The van der Waals surface area contributed by atoms with Gasteiger partial charge >= 0.3 is 6.18 Å². The maximum absolute atomic E-state index is 12.6. The molecule has 0 aromatic carbocycles. The molecule has 0 spiro atoms. The Morgan fingerprint density at radius 2 is 1.80 bits per heavy atom. The van der Waals surface area contributed by atoms with Crippen molar-refractivity contribution in [1.82, 2.24) is 9.21 Å². The molecule has 0 aromatic rings. The third kappa shape index (κ3) is 3.05. The molecule has 1 aliphatic rings. The molecule has 1 unspecified atom stereocenters. The lowest BCUT2D eigenvalue weighted by Gasteiger charge is -2.38. The van der Waals surface area contributed by atoms with Gasteiger partial charge < -0.3 is 4.90 Å². The van der Waals surface area contributed by atoms with Crippen LogP contribution in [0.2, 0.25) is 0 Å². The fraction of sp³-hybridized carbons (Fsp3) is 1.00. The molecule has 0 aromatic heterocycles. The summed E-state index contributed by atoms with van der Waals surface area (Å²) in [6.45, 7) is -0.101. The summed E-state index contributed by atoms with van der Waals surface area (Å²) in [4.78, 5) is 1.47. The summed E-state index contributed by atoms with van der Waals surface area (Å²) in [5.74, 6) is 0. The van der Waals surface area contributed by atoms with E-state index in [0.29, 0.717) is 10.8 Å². The lowest BCUT2D eigenvalue weighted by Crippen LogP contribution is -2.59. The first kappa shape index (κ1) is 12.7. The normalized spacial score (nSPS) is 26.9. The number of nitrogens with zero attached hydrogens (tertiary/aromatic N) is 2. The number of likely N-dealkylation sites (N-methyl/N-ethyl adjacent to an activating group) is 1. The van der Waals surface area contributed by atoms with Gasteiger partial charge in [0.25, 0.3) is 0 Å². The summed E-state index contributed by atoms with van der Waals surface area (Å²) in [7, 11) is -2.25. The van der Waals surface area contributed by atoms with Crippen LogP contribution in [0.25, 0.3) is 0 Å². The van der Waals surface area contributed by atoms with E-state index in [0.717, 1.165) is 6.26 Å². The second kappa shape index (κ2) is 3.91. The van der Waals surface area contributed by atoms with E-state index in [9.17, 15) is 21.6 Å². The Bertz CT molecular complexity index is 328. The van der Waals surface area contributed by atoms with Crippen LogP contribution in [0, 0.1) is 0 Å². The van der Waals surface area contributed by atoms with Gasteiger partial charge in [-0.05, 0) is 7.05 Å². The minimum Gasteiger partial charge on any atom is -0.303 e. The summed E-state index contributed by atoms with van der Waals surface area (Å²) >= 11 is 0. The first-order chi connectivity index (χ1) is 6.62. The molecule has 0 amide bonds. The maximum atomic E-state index is 12.6. The predicted octanol–water partition coefficient (Wildman–Crippen LogP) is 0.124. The Morgan fingerprint density at radius 3 is 2.20 bits per heavy atom. The van der Waals surface area contributed by atoms with Gasteiger partial charge in [0.05, 0.1) is 6.26 Å². The van der Waals surface area contributed by atoms with Crippen LogP contribution in [0.3, 0.4) is 0 Å². The zero-order valence-corrected chi connectivity index (χ0v) is 9.27. The molecule has 1 saturated heterocycles. The molecule has 1 rings (SSSR count). The van der Waals surface area contributed by atoms with Crippen molar-refractivity contribution < 1.29 is 21.6 Å². The molecule has 0 radical (unpaired) electrons. The molecule has 15 heavy (non-hydrogen) atoms. The largest absolute Gasteiger partial charge is 0.406 e. The monoisotopic (exact) mass is 246 g/mol. The number of alkyl halides is 3. The van der Waals surface area contributed by atoms with Crippen LogP contribution in [0.1, 0.15) is 0 Å². The van der Waals surface area contributed by atoms with Crippen molar-refractivity contribution in [1.29, 1.82) is 0 Å². The van der Waals surface area contributed by atoms with Gasteiger partial charge in [0.1, 0.15) is 6.04 Å². The minimum absolute atomic E-state index is 0.112. The van der Waals surface area contributed by atoms with Gasteiger partial charge in [-0.3, -0.25) is 0 Å². The molecular formula is C7H13F3N2O2S. The summed E-state index contributed by atoms with van der Waals surface area (Å²) in [6, 6.07) is -1.92. The number of piperazine rings is 1. The second-order valence-electron chi connectivity index (χ2n) is 3.69. The zero-order chi connectivity index (χ0) is 11.9. The molecular weight excluding hydrogens is 233 g/mol. The molecule has 4 nitrogen and oxygen atoms in total. The summed E-state index contributed by atoms with van der Waals surface area (Å²) < 4.78 is 60.5. The lowest BCUT2D eigenvalue weighted by atomic mass is 10.2. The summed E-state index contributed by atoms with van der Waals surface area (Å²) in [5, 5.41) is 0. The Hall–Kier alpha value is -0.340. The zero-order valence-electron chi connectivity index (χ0n) is 8.45. The van der Waals surface area contributed by atoms with Crippen molar-refractivity contribution in [3.05, 3.63) is 0 Å². The van der Waals surface area contributed by atoms with Crippen molar-refractivity contribution in [3.63, 3.8) is 0 Å². The molecule has 0 bridgehead atoms. The number of hydrogen-bond acceptors (Lipinski definition) is 3. The standard InChI is InChI=1S/C7H13F3N2O2S/c1-11-3-4-12(15(2,13)14)6(5-11)7(8,9)10/h6H,3-5H2,1-2H3. The first-order valence-electron chi connectivity index (χ1n) is 4.34. The van der Waals surface area contributed by atoms with Crippen LogP contribution in [-0.4, -0.2) is 62.8 Å². The van der Waals surface area contributed by atoms with Crippen LogP contribution >= 0.6 is 0 Å². The van der Waals surface area contributed by atoms with E-state index in [-0.39, 0.29) is 13.1 Å². The van der Waals surface area contributed by atoms with Crippen molar-refractivity contribution in [2.24, 2.45) is 0 Å². The highest BCUT2D eigenvalue weighted by Crippen LogP contribution is 2.28. The average Bonchev–Trinajstić information content (AvgIpc) is 2.00. The fourth-order valence-electron chi connectivity index (χ4n) is 1.57. The molecule has 1 atom stereocenters. The van der Waals surface area contributed by atoms with Crippen LogP contribution in [0.4, 0.5) is 13.2 Å². The molecule has 1 heterocycles. The topological polar surface area (TPSA) is 40.6 Å². The van der Waals surface area contributed by atoms with E-state index in [1.807, 2.05) is 0 Å². The summed E-state index contributed by atoms with van der Waals surface area (Å²) in [6.07, 6.45) is -3.71. The summed E-state index contributed by atoms with van der Waals surface area (Å²) in [5.41, 5.74) is 0. The van der Waals surface area contributed by atoms with Crippen LogP contribution in [0.5, 0.6) is 0 Å². The van der Waals surface area contributed by atoms with Gasteiger partial charge in [-0.25, -0.2) is 8.42 Å². The highest BCUT2D eigenvalue weighted by atomic mass is 32.2. The number of halogens is 3. The van der Waals surface area contributed by atoms with E-state index in [1.165, 1.54) is 4.90 Å². The predicted molar refractivity (Wildman–Crippen MR) is 48.9 cm³/mol. The lowest BCUT2D eigenvalue weighted by molar-refractivity contribution is -0.181. The third-order valence-corrected chi connectivity index (χ3v) is 3.63. The molecule has 0 N–H and O–H groups in total. The number of rotatable bonds is 1. The smallest absolute Gasteiger partial charge is 0.303 e. The second-order valence-corrected chi connectivity index (χ2v) is 5.63. The van der Waals surface area contributed by atoms with E-state index in [1.54, 1.807) is 7.05 Å². The van der Waals surface area contributed by atoms with Crippen molar-refractivity contribution in [3.8, 4) is 0 Å². The van der Waals surface area contributed by atoms with Gasteiger partial charge in [0.15, 0.2) is 0 Å². The quantitative estimate of drug-likeness (QED) is 0.660. The van der Waals surface area contributed by atoms with Gasteiger partial charge in [-0.15, -0.1) is 0 Å². The maximum Gasteiger partial charge on any atom is 0.406 e. The van der Waals surface area contributed by atoms with Gasteiger partial charge in [0, 0.05) is 19.6 Å². The van der Waals surface area contributed by atoms with Crippen LogP contribution in [0.15, 0.2) is 0 Å². The highest BCUT2D eigenvalue weighted by Gasteiger charge is 2.48. The molecule has 8 heteroatoms. The molecule has 90 valence electrons. The van der Waals surface area contributed by atoms with Gasteiger partial charge in [0.2, 0.25) is 10.0 Å². The van der Waals surface area contributed by atoms with Crippen molar-refractivity contribution in [2.75, 3.05) is 32.9 Å². The Labute approximate surface area is 86.7 Å². The third-order valence-electron chi connectivity index (χ3n) is 2.34. The Kier molecular flexibility index (Phi) is 3.32. The number of hydrogen-bond donors (Lipinski definition) is 0. The van der Waals surface area contributed by atoms with Gasteiger partial charge in [-0.2, -0.15) is 17.5 Å².